The van der Waals surface area contributed by atoms with E-state index in [0.29, 0.717) is 45.7 Å². The second-order valence-corrected chi connectivity index (χ2v) is 12.8. The lowest BCUT2D eigenvalue weighted by atomic mass is 9.93. The molecule has 0 aromatic rings. The third-order valence-corrected chi connectivity index (χ3v) is 7.25. The second-order valence-electron chi connectivity index (χ2n) is 12.8. The van der Waals surface area contributed by atoms with Gasteiger partial charge < -0.3 is 23.7 Å². The summed E-state index contributed by atoms with van der Waals surface area (Å²) in [7, 11) is 0. The van der Waals surface area contributed by atoms with Gasteiger partial charge >= 0.3 is 0 Å². The van der Waals surface area contributed by atoms with Gasteiger partial charge in [-0.05, 0) is 93.9 Å². The number of hydrogen-bond acceptors (Lipinski definition) is 7. The van der Waals surface area contributed by atoms with E-state index in [-0.39, 0.29) is 22.8 Å². The highest BCUT2D eigenvalue weighted by molar-refractivity contribution is 5.87. The first-order valence-electron chi connectivity index (χ1n) is 15.3. The van der Waals surface area contributed by atoms with Crippen molar-refractivity contribution in [2.45, 2.75) is 156 Å². The quantitative estimate of drug-likeness (QED) is 0.109. The maximum atomic E-state index is 12.8. The van der Waals surface area contributed by atoms with Gasteiger partial charge in [-0.15, -0.1) is 0 Å². The van der Waals surface area contributed by atoms with E-state index >= 15 is 0 Å². The zero-order valence-electron chi connectivity index (χ0n) is 27.2. The molecule has 39 heavy (non-hydrogen) atoms. The Kier molecular flexibility index (Phi) is 18.9. The Morgan fingerprint density at radius 1 is 0.513 bits per heavy atom. The molecule has 1 atom stereocenters. The highest BCUT2D eigenvalue weighted by atomic mass is 16.6. The van der Waals surface area contributed by atoms with E-state index in [2.05, 4.69) is 20.8 Å². The van der Waals surface area contributed by atoms with Crippen molar-refractivity contribution in [2.75, 3.05) is 39.6 Å². The van der Waals surface area contributed by atoms with Gasteiger partial charge in [0.25, 0.3) is 0 Å². The number of carbonyl (C=O) groups excluding carboxylic acids is 2. The molecule has 0 aliphatic carbocycles. The molecule has 0 aromatic carbocycles. The van der Waals surface area contributed by atoms with E-state index in [0.717, 1.165) is 58.2 Å². The number of Topliss-reactive ketones (excluding diaryl/α,β-unsaturated/α-hetero) is 2. The van der Waals surface area contributed by atoms with E-state index in [9.17, 15) is 9.59 Å². The van der Waals surface area contributed by atoms with Gasteiger partial charge in [-0.25, -0.2) is 0 Å². The zero-order valence-corrected chi connectivity index (χ0v) is 27.2. The molecular weight excluding hydrogens is 496 g/mol. The molecule has 0 heterocycles. The maximum absolute atomic E-state index is 12.8. The standard InChI is InChI=1S/C32H62O7/c1-11-30(6,7)37-22-18-14-16-20-28(34)32(10,12-2)39-26-24-35-23-25-38-31(8,9)27(33)19-15-13-17-21-36-29(3,4)5/h11-26H2,1-10H3. The Balaban J connectivity index is 4.03. The number of ketones is 2. The molecule has 0 fully saturated rings. The van der Waals surface area contributed by atoms with E-state index in [1.54, 1.807) is 0 Å². The summed E-state index contributed by atoms with van der Waals surface area (Å²) >= 11 is 0. The summed E-state index contributed by atoms with van der Waals surface area (Å²) in [5.41, 5.74) is -1.80. The first-order chi connectivity index (χ1) is 18.1. The fourth-order valence-corrected chi connectivity index (χ4v) is 3.77. The molecule has 7 heteroatoms. The third kappa shape index (κ3) is 19.0. The minimum absolute atomic E-state index is 0.0752. The summed E-state index contributed by atoms with van der Waals surface area (Å²) in [6.07, 6.45) is 8.19. The number of hydrogen-bond donors (Lipinski definition) is 0. The largest absolute Gasteiger partial charge is 0.377 e. The lowest BCUT2D eigenvalue weighted by molar-refractivity contribution is -0.147. The van der Waals surface area contributed by atoms with Crippen LogP contribution in [-0.2, 0) is 33.3 Å². The first kappa shape index (κ1) is 38.1. The Labute approximate surface area is 240 Å². The highest BCUT2D eigenvalue weighted by Gasteiger charge is 2.31. The monoisotopic (exact) mass is 558 g/mol. The Morgan fingerprint density at radius 2 is 1.03 bits per heavy atom. The lowest BCUT2D eigenvalue weighted by Crippen LogP contribution is -2.39. The van der Waals surface area contributed by atoms with Gasteiger partial charge in [-0.2, -0.15) is 0 Å². The number of carbonyl (C=O) groups is 2. The molecule has 0 N–H and O–H groups in total. The maximum Gasteiger partial charge on any atom is 0.164 e. The molecule has 0 bridgehead atoms. The van der Waals surface area contributed by atoms with Gasteiger partial charge in [0, 0.05) is 26.1 Å². The van der Waals surface area contributed by atoms with Crippen molar-refractivity contribution in [3.05, 3.63) is 0 Å². The van der Waals surface area contributed by atoms with Gasteiger partial charge in [0.15, 0.2) is 11.6 Å². The van der Waals surface area contributed by atoms with Gasteiger partial charge in [0.2, 0.25) is 0 Å². The number of ether oxygens (including phenoxy) is 5. The summed E-state index contributed by atoms with van der Waals surface area (Å²) in [5, 5.41) is 0. The van der Waals surface area contributed by atoms with Crippen molar-refractivity contribution in [3.8, 4) is 0 Å². The normalized spacial score (nSPS) is 14.4. The van der Waals surface area contributed by atoms with Crippen LogP contribution < -0.4 is 0 Å². The molecule has 0 saturated heterocycles. The smallest absolute Gasteiger partial charge is 0.164 e. The van der Waals surface area contributed by atoms with Gasteiger partial charge in [-0.1, -0.05) is 26.7 Å². The van der Waals surface area contributed by atoms with Crippen molar-refractivity contribution in [2.24, 2.45) is 0 Å². The van der Waals surface area contributed by atoms with Crippen molar-refractivity contribution >= 4 is 11.6 Å². The highest BCUT2D eigenvalue weighted by Crippen LogP contribution is 2.21. The molecule has 0 saturated carbocycles. The van der Waals surface area contributed by atoms with Crippen LogP contribution in [0.5, 0.6) is 0 Å². The number of unbranched alkanes of at least 4 members (excludes halogenated alkanes) is 4. The summed E-state index contributed by atoms with van der Waals surface area (Å²) < 4.78 is 29.0. The Hall–Kier alpha value is -0.860. The summed E-state index contributed by atoms with van der Waals surface area (Å²) in [5.74, 6) is 0.252. The van der Waals surface area contributed by atoms with Crippen LogP contribution in [0.15, 0.2) is 0 Å². The molecule has 0 spiro atoms. The molecule has 0 amide bonds. The van der Waals surface area contributed by atoms with Crippen LogP contribution in [0, 0.1) is 0 Å². The van der Waals surface area contributed by atoms with Crippen molar-refractivity contribution in [3.63, 3.8) is 0 Å². The Morgan fingerprint density at radius 3 is 1.54 bits per heavy atom. The molecule has 0 radical (unpaired) electrons. The van der Waals surface area contributed by atoms with Crippen LogP contribution in [0.4, 0.5) is 0 Å². The van der Waals surface area contributed by atoms with Crippen molar-refractivity contribution in [1.82, 2.24) is 0 Å². The minimum atomic E-state index is -0.826. The molecule has 232 valence electrons. The van der Waals surface area contributed by atoms with Crippen LogP contribution in [0.3, 0.4) is 0 Å². The predicted molar refractivity (Wildman–Crippen MR) is 158 cm³/mol. The van der Waals surface area contributed by atoms with Crippen LogP contribution in [0.25, 0.3) is 0 Å². The van der Waals surface area contributed by atoms with Gasteiger partial charge in [0.1, 0.15) is 11.2 Å². The first-order valence-corrected chi connectivity index (χ1v) is 15.3. The van der Waals surface area contributed by atoms with E-state index in [1.807, 2.05) is 48.5 Å². The van der Waals surface area contributed by atoms with Crippen molar-refractivity contribution < 1.29 is 33.3 Å². The van der Waals surface area contributed by atoms with Crippen LogP contribution >= 0.6 is 0 Å². The zero-order chi connectivity index (χ0) is 30.0. The fraction of sp³-hybridized carbons (Fsp3) is 0.938. The number of rotatable bonds is 25. The second kappa shape index (κ2) is 19.3. The molecule has 1 unspecified atom stereocenters. The van der Waals surface area contributed by atoms with Gasteiger partial charge in [-0.3, -0.25) is 9.59 Å². The van der Waals surface area contributed by atoms with Crippen LogP contribution in [-0.4, -0.2) is 73.6 Å². The van der Waals surface area contributed by atoms with Crippen molar-refractivity contribution in [1.29, 1.82) is 0 Å². The van der Waals surface area contributed by atoms with Crippen LogP contribution in [0.1, 0.15) is 133 Å². The average molecular weight is 559 g/mol. The van der Waals surface area contributed by atoms with Crippen LogP contribution in [0.2, 0.25) is 0 Å². The van der Waals surface area contributed by atoms with E-state index < -0.39 is 11.2 Å². The predicted octanol–water partition coefficient (Wildman–Crippen LogP) is 7.26. The third-order valence-electron chi connectivity index (χ3n) is 7.25. The molecule has 0 aliphatic heterocycles. The summed E-state index contributed by atoms with van der Waals surface area (Å²) in [4.78, 5) is 25.3. The lowest BCUT2D eigenvalue weighted by Gasteiger charge is -2.27. The molecule has 0 aromatic heterocycles. The molecular formula is C32H62O7. The summed E-state index contributed by atoms with van der Waals surface area (Å²) in [6, 6.07) is 0. The fourth-order valence-electron chi connectivity index (χ4n) is 3.77. The van der Waals surface area contributed by atoms with Gasteiger partial charge in [0.05, 0.1) is 37.6 Å². The van der Waals surface area contributed by atoms with E-state index in [1.165, 1.54) is 0 Å². The molecule has 7 nitrogen and oxygen atoms in total. The SMILES string of the molecule is CCC(C)(C)OCCCCCC(=O)C(C)(CC)OCCOCCOC(C)(C)C(=O)CCCCCOC(C)(C)C. The van der Waals surface area contributed by atoms with E-state index in [4.69, 9.17) is 23.7 Å². The average Bonchev–Trinajstić information content (AvgIpc) is 2.86. The summed E-state index contributed by atoms with van der Waals surface area (Å²) in [6.45, 7) is 22.8. The molecule has 0 rings (SSSR count). The Bertz CT molecular complexity index is 666. The molecule has 0 aliphatic rings. The topological polar surface area (TPSA) is 80.3 Å². The minimum Gasteiger partial charge on any atom is -0.377 e.